The van der Waals surface area contributed by atoms with Crippen LogP contribution in [0.3, 0.4) is 0 Å². The highest BCUT2D eigenvalue weighted by Gasteiger charge is 2.39. The van der Waals surface area contributed by atoms with Crippen LogP contribution in [-0.4, -0.2) is 25.5 Å². The summed E-state index contributed by atoms with van der Waals surface area (Å²) in [6.45, 7) is 2.07. The van der Waals surface area contributed by atoms with E-state index in [1.165, 1.54) is 18.2 Å². The van der Waals surface area contributed by atoms with Crippen LogP contribution < -0.4 is 4.72 Å². The van der Waals surface area contributed by atoms with Crippen molar-refractivity contribution in [3.8, 4) is 0 Å². The monoisotopic (exact) mass is 361 g/mol. The van der Waals surface area contributed by atoms with Gasteiger partial charge in [0.05, 0.1) is 10.5 Å². The predicted octanol–water partition coefficient (Wildman–Crippen LogP) is 2.61. The Bertz CT molecular complexity index is 629. The van der Waals surface area contributed by atoms with Gasteiger partial charge in [-0.1, -0.05) is 13.3 Å². The summed E-state index contributed by atoms with van der Waals surface area (Å²) in [7, 11) is -3.70. The number of carbonyl (C=O) groups is 1. The molecule has 1 aliphatic rings. The number of rotatable bonds is 6. The SMILES string of the molecule is CCCC1CC1NS(=O)(=O)c1cc(C(=O)O)ccc1Br. The van der Waals surface area contributed by atoms with Gasteiger partial charge in [-0.2, -0.15) is 0 Å². The first-order valence-corrected chi connectivity index (χ1v) is 8.68. The van der Waals surface area contributed by atoms with Gasteiger partial charge in [0, 0.05) is 10.5 Å². The lowest BCUT2D eigenvalue weighted by Crippen LogP contribution is -2.27. The summed E-state index contributed by atoms with van der Waals surface area (Å²) in [5.41, 5.74) is -0.0468. The van der Waals surface area contributed by atoms with E-state index in [-0.39, 0.29) is 16.5 Å². The van der Waals surface area contributed by atoms with E-state index >= 15 is 0 Å². The van der Waals surface area contributed by atoms with Crippen LogP contribution >= 0.6 is 15.9 Å². The second-order valence-electron chi connectivity index (χ2n) is 4.96. The Morgan fingerprint density at radius 3 is 2.80 bits per heavy atom. The van der Waals surface area contributed by atoms with Crippen LogP contribution in [0.5, 0.6) is 0 Å². The quantitative estimate of drug-likeness (QED) is 0.815. The molecule has 0 aliphatic heterocycles. The van der Waals surface area contributed by atoms with Crippen molar-refractivity contribution in [2.45, 2.75) is 37.1 Å². The molecule has 2 unspecified atom stereocenters. The van der Waals surface area contributed by atoms with Crippen molar-refractivity contribution in [2.24, 2.45) is 5.92 Å². The molecule has 2 atom stereocenters. The highest BCUT2D eigenvalue weighted by atomic mass is 79.9. The van der Waals surface area contributed by atoms with E-state index in [1.807, 2.05) is 0 Å². The molecule has 0 saturated heterocycles. The second-order valence-corrected chi connectivity index (χ2v) is 7.50. The maximum absolute atomic E-state index is 12.3. The zero-order valence-electron chi connectivity index (χ0n) is 11.0. The van der Waals surface area contributed by atoms with Gasteiger partial charge in [-0.05, 0) is 52.9 Å². The number of carboxylic acids is 1. The molecule has 20 heavy (non-hydrogen) atoms. The molecule has 1 aliphatic carbocycles. The molecule has 0 radical (unpaired) electrons. The van der Waals surface area contributed by atoms with E-state index in [1.54, 1.807) is 0 Å². The summed E-state index contributed by atoms with van der Waals surface area (Å²) >= 11 is 3.16. The highest BCUT2D eigenvalue weighted by Crippen LogP contribution is 2.36. The molecule has 0 spiro atoms. The maximum Gasteiger partial charge on any atom is 0.335 e. The number of hydrogen-bond acceptors (Lipinski definition) is 3. The van der Waals surface area contributed by atoms with Gasteiger partial charge in [-0.15, -0.1) is 0 Å². The molecule has 0 amide bonds. The molecular formula is C13H16BrNO4S. The van der Waals surface area contributed by atoms with Crippen LogP contribution in [0.15, 0.2) is 27.6 Å². The third kappa shape index (κ3) is 3.39. The van der Waals surface area contributed by atoms with Crippen LogP contribution in [0.25, 0.3) is 0 Å². The number of carboxylic acid groups (broad SMARTS) is 1. The van der Waals surface area contributed by atoms with E-state index < -0.39 is 16.0 Å². The van der Waals surface area contributed by atoms with Gasteiger partial charge in [-0.25, -0.2) is 17.9 Å². The standard InChI is InChI=1S/C13H16BrNO4S/c1-2-3-8-6-11(8)15-20(18,19)12-7-9(13(16)17)4-5-10(12)14/h4-5,7-8,11,15H,2-3,6H2,1H3,(H,16,17). The molecule has 2 rings (SSSR count). The largest absolute Gasteiger partial charge is 0.478 e. The molecule has 0 heterocycles. The fourth-order valence-electron chi connectivity index (χ4n) is 2.19. The number of nitrogens with one attached hydrogen (secondary N) is 1. The smallest absolute Gasteiger partial charge is 0.335 e. The lowest BCUT2D eigenvalue weighted by atomic mass is 10.2. The molecule has 5 nitrogen and oxygen atoms in total. The Hall–Kier alpha value is -0.920. The third-order valence-electron chi connectivity index (χ3n) is 3.36. The average Bonchev–Trinajstić information content (AvgIpc) is 3.06. The Morgan fingerprint density at radius 1 is 1.50 bits per heavy atom. The van der Waals surface area contributed by atoms with Crippen LogP contribution in [0.4, 0.5) is 0 Å². The van der Waals surface area contributed by atoms with Gasteiger partial charge in [0.1, 0.15) is 0 Å². The Kier molecular flexibility index (Phi) is 4.51. The van der Waals surface area contributed by atoms with E-state index in [2.05, 4.69) is 27.6 Å². The Balaban J connectivity index is 2.21. The zero-order chi connectivity index (χ0) is 14.9. The fraction of sp³-hybridized carbons (Fsp3) is 0.462. The lowest BCUT2D eigenvalue weighted by Gasteiger charge is -2.09. The average molecular weight is 362 g/mol. The van der Waals surface area contributed by atoms with Crippen molar-refractivity contribution in [2.75, 3.05) is 0 Å². The molecule has 0 bridgehead atoms. The van der Waals surface area contributed by atoms with Crippen molar-refractivity contribution < 1.29 is 18.3 Å². The summed E-state index contributed by atoms with van der Waals surface area (Å²) in [4.78, 5) is 10.9. The molecule has 1 aromatic rings. The van der Waals surface area contributed by atoms with Crippen molar-refractivity contribution in [3.05, 3.63) is 28.2 Å². The number of benzene rings is 1. The van der Waals surface area contributed by atoms with E-state index in [0.717, 1.165) is 19.3 Å². The minimum Gasteiger partial charge on any atom is -0.478 e. The van der Waals surface area contributed by atoms with Gasteiger partial charge in [0.25, 0.3) is 0 Å². The van der Waals surface area contributed by atoms with Crippen LogP contribution in [0.1, 0.15) is 36.5 Å². The first-order valence-electron chi connectivity index (χ1n) is 6.40. The van der Waals surface area contributed by atoms with Gasteiger partial charge < -0.3 is 5.11 Å². The minimum absolute atomic E-state index is 0.0275. The number of aromatic carboxylic acids is 1. The Morgan fingerprint density at radius 2 is 2.20 bits per heavy atom. The predicted molar refractivity (Wildman–Crippen MR) is 78.2 cm³/mol. The van der Waals surface area contributed by atoms with Gasteiger partial charge in [-0.3, -0.25) is 0 Å². The fourth-order valence-corrected chi connectivity index (χ4v) is 4.49. The first kappa shape index (κ1) is 15.5. The summed E-state index contributed by atoms with van der Waals surface area (Å²) in [5.74, 6) is -0.750. The maximum atomic E-state index is 12.3. The summed E-state index contributed by atoms with van der Waals surface area (Å²) in [6, 6.07) is 3.95. The van der Waals surface area contributed by atoms with E-state index in [0.29, 0.717) is 10.4 Å². The summed E-state index contributed by atoms with van der Waals surface area (Å²) in [6.07, 6.45) is 2.88. The molecule has 110 valence electrons. The summed E-state index contributed by atoms with van der Waals surface area (Å²) < 4.78 is 27.6. The molecule has 2 N–H and O–H groups in total. The zero-order valence-corrected chi connectivity index (χ0v) is 13.4. The van der Waals surface area contributed by atoms with Crippen molar-refractivity contribution >= 4 is 31.9 Å². The summed E-state index contributed by atoms with van der Waals surface area (Å²) in [5, 5.41) is 8.94. The number of hydrogen-bond donors (Lipinski definition) is 2. The Labute approximate surface area is 126 Å². The molecule has 0 aromatic heterocycles. The molecule has 1 aromatic carbocycles. The molecule has 1 saturated carbocycles. The van der Waals surface area contributed by atoms with Gasteiger partial charge in [0.15, 0.2) is 0 Å². The van der Waals surface area contributed by atoms with E-state index in [9.17, 15) is 13.2 Å². The second kappa shape index (κ2) is 5.83. The van der Waals surface area contributed by atoms with E-state index in [4.69, 9.17) is 5.11 Å². The van der Waals surface area contributed by atoms with Crippen molar-refractivity contribution in [1.29, 1.82) is 0 Å². The van der Waals surface area contributed by atoms with Gasteiger partial charge >= 0.3 is 5.97 Å². The number of halogens is 1. The lowest BCUT2D eigenvalue weighted by molar-refractivity contribution is 0.0696. The topological polar surface area (TPSA) is 83.5 Å². The van der Waals surface area contributed by atoms with Crippen LogP contribution in [-0.2, 0) is 10.0 Å². The third-order valence-corrected chi connectivity index (χ3v) is 5.84. The van der Waals surface area contributed by atoms with Crippen LogP contribution in [0.2, 0.25) is 0 Å². The molecular weight excluding hydrogens is 346 g/mol. The first-order chi connectivity index (χ1) is 9.35. The van der Waals surface area contributed by atoms with Crippen molar-refractivity contribution in [1.82, 2.24) is 4.72 Å². The molecule has 7 heteroatoms. The molecule has 1 fully saturated rings. The van der Waals surface area contributed by atoms with Gasteiger partial charge in [0.2, 0.25) is 10.0 Å². The number of sulfonamides is 1. The normalized spacial score (nSPS) is 21.7. The van der Waals surface area contributed by atoms with Crippen molar-refractivity contribution in [3.63, 3.8) is 0 Å². The minimum atomic E-state index is -3.70. The van der Waals surface area contributed by atoms with Crippen LogP contribution in [0, 0.1) is 5.92 Å². The highest BCUT2D eigenvalue weighted by molar-refractivity contribution is 9.10.